The van der Waals surface area contributed by atoms with E-state index in [1.807, 2.05) is 26.8 Å². The lowest BCUT2D eigenvalue weighted by atomic mass is 9.91. The van der Waals surface area contributed by atoms with Crippen molar-refractivity contribution in [3.8, 4) is 6.07 Å². The van der Waals surface area contributed by atoms with Crippen LogP contribution in [-0.2, 0) is 9.53 Å². The number of ether oxygens (including phenoxy) is 1. The fourth-order valence-electron chi connectivity index (χ4n) is 5.61. The van der Waals surface area contributed by atoms with Gasteiger partial charge in [0.2, 0.25) is 5.91 Å². The minimum atomic E-state index is -5.57. The number of hydrogen-bond donors (Lipinski definition) is 0. The van der Waals surface area contributed by atoms with Crippen molar-refractivity contribution in [2.75, 3.05) is 0 Å². The van der Waals surface area contributed by atoms with Gasteiger partial charge in [-0.05, 0) is 50.3 Å². The highest BCUT2D eigenvalue weighted by molar-refractivity contribution is 6.33. The molecule has 1 amide bonds. The lowest BCUT2D eigenvalue weighted by Crippen LogP contribution is -2.51. The Labute approximate surface area is 246 Å². The number of benzene rings is 1. The Morgan fingerprint density at radius 2 is 1.79 bits per heavy atom. The molecule has 42 heavy (non-hydrogen) atoms. The van der Waals surface area contributed by atoms with Gasteiger partial charge in [0.05, 0.1) is 28.3 Å². The van der Waals surface area contributed by atoms with Gasteiger partial charge in [0.15, 0.2) is 11.8 Å². The summed E-state index contributed by atoms with van der Waals surface area (Å²) in [7, 11) is 0. The number of carbonyl (C=O) groups is 1. The summed E-state index contributed by atoms with van der Waals surface area (Å²) in [5.74, 6) is -5.02. The summed E-state index contributed by atoms with van der Waals surface area (Å²) in [6.45, 7) is 9.50. The molecule has 2 heterocycles. The molecule has 6 nitrogen and oxygen atoms in total. The van der Waals surface area contributed by atoms with Gasteiger partial charge in [-0.25, -0.2) is 4.99 Å². The van der Waals surface area contributed by atoms with Gasteiger partial charge in [-0.15, -0.1) is 0 Å². The molecular formula is C29H33ClF6N4O2. The van der Waals surface area contributed by atoms with Crippen molar-refractivity contribution in [1.29, 1.82) is 5.26 Å². The topological polar surface area (TPSA) is 78.0 Å². The molecule has 3 rings (SSSR count). The van der Waals surface area contributed by atoms with Gasteiger partial charge in [0.25, 0.3) is 0 Å². The molecule has 0 spiro atoms. The van der Waals surface area contributed by atoms with Crippen LogP contribution in [0.25, 0.3) is 0 Å². The summed E-state index contributed by atoms with van der Waals surface area (Å²) in [4.78, 5) is 23.1. The zero-order chi connectivity index (χ0) is 31.4. The molecule has 0 radical (unpaired) electrons. The van der Waals surface area contributed by atoms with E-state index in [-0.39, 0.29) is 18.8 Å². The van der Waals surface area contributed by atoms with Crippen LogP contribution in [0.15, 0.2) is 41.0 Å². The summed E-state index contributed by atoms with van der Waals surface area (Å²) in [6.07, 6.45) is -9.83. The van der Waals surface area contributed by atoms with E-state index in [0.717, 1.165) is 6.42 Å². The Kier molecular flexibility index (Phi) is 10.7. The van der Waals surface area contributed by atoms with Gasteiger partial charge >= 0.3 is 12.4 Å². The highest BCUT2D eigenvalue weighted by atomic mass is 35.5. The van der Waals surface area contributed by atoms with Crippen molar-refractivity contribution in [2.24, 2.45) is 27.7 Å². The summed E-state index contributed by atoms with van der Waals surface area (Å²) in [6, 6.07) is 5.72. The zero-order valence-corrected chi connectivity index (χ0v) is 24.2. The first-order chi connectivity index (χ1) is 19.6. The lowest BCUT2D eigenvalue weighted by molar-refractivity contribution is -0.285. The van der Waals surface area contributed by atoms with Crippen LogP contribution in [0.1, 0.15) is 64.9 Å². The van der Waals surface area contributed by atoms with E-state index in [9.17, 15) is 31.1 Å². The fourth-order valence-corrected chi connectivity index (χ4v) is 5.83. The molecule has 2 bridgehead atoms. The van der Waals surface area contributed by atoms with E-state index in [2.05, 4.69) is 11.6 Å². The number of halogens is 7. The van der Waals surface area contributed by atoms with Crippen LogP contribution in [0, 0.1) is 29.1 Å². The van der Waals surface area contributed by atoms with Crippen LogP contribution in [0.2, 0.25) is 5.02 Å². The molecule has 2 aliphatic heterocycles. The van der Waals surface area contributed by atoms with Crippen LogP contribution < -0.4 is 0 Å². The van der Waals surface area contributed by atoms with Crippen molar-refractivity contribution >= 4 is 34.8 Å². The Morgan fingerprint density at radius 3 is 2.26 bits per heavy atom. The van der Waals surface area contributed by atoms with Crippen LogP contribution in [-0.4, -0.2) is 53.0 Å². The van der Waals surface area contributed by atoms with E-state index in [1.54, 1.807) is 12.1 Å². The number of aliphatic imine (C=N–C) groups is 2. The summed E-state index contributed by atoms with van der Waals surface area (Å²) in [5.41, 5.74) is 1.57. The number of alkyl halides is 6. The van der Waals surface area contributed by atoms with E-state index in [0.29, 0.717) is 40.7 Å². The minimum Gasteiger partial charge on any atom is -0.477 e. The predicted octanol–water partition coefficient (Wildman–Crippen LogP) is 8.18. The molecule has 230 valence electrons. The maximum atomic E-state index is 13.1. The van der Waals surface area contributed by atoms with Crippen molar-refractivity contribution < 1.29 is 35.9 Å². The van der Waals surface area contributed by atoms with Gasteiger partial charge in [0, 0.05) is 43.3 Å². The molecule has 0 saturated carbocycles. The Bertz CT molecular complexity index is 1230. The standard InChI is InChI=1S/C29H33ClF6N4O2/c1-5-16(3)26(39-23-10-7-18(15-37)11-22(23)30)17(4)27(38-6-2)42-21-12-19-8-9-20(13-21)40(19)25(41)14-24(28(31,32)33)29(34,35)36/h6-7,10-11,16-17,19-21,24H,2,5,8-9,12-14H2,1,3-4H3. The summed E-state index contributed by atoms with van der Waals surface area (Å²) in [5, 5.41) is 9.43. The molecule has 1 aromatic rings. The molecule has 2 aliphatic rings. The second-order valence-corrected chi connectivity index (χ2v) is 11.1. The Balaban J connectivity index is 1.79. The molecule has 4 unspecified atom stereocenters. The molecule has 0 N–H and O–H groups in total. The largest absolute Gasteiger partial charge is 0.477 e. The number of amides is 1. The van der Waals surface area contributed by atoms with Crippen molar-refractivity contribution in [1.82, 2.24) is 4.90 Å². The highest BCUT2D eigenvalue weighted by Crippen LogP contribution is 2.44. The first kappa shape index (κ1) is 33.4. The third kappa shape index (κ3) is 7.85. The van der Waals surface area contributed by atoms with Crippen LogP contribution >= 0.6 is 11.6 Å². The number of nitriles is 1. The van der Waals surface area contributed by atoms with Crippen LogP contribution in [0.4, 0.5) is 32.0 Å². The predicted molar refractivity (Wildman–Crippen MR) is 147 cm³/mol. The smallest absolute Gasteiger partial charge is 0.400 e. The SMILES string of the molecule is C=CN=C(OC1CC2CCC(C1)N2C(=O)CC(C(F)(F)F)C(F)(F)F)C(C)C(=Nc1ccc(C#N)cc1Cl)C(C)CC. The molecule has 13 heteroatoms. The molecule has 2 saturated heterocycles. The van der Waals surface area contributed by atoms with Crippen LogP contribution in [0.5, 0.6) is 0 Å². The number of nitrogens with zero attached hydrogens (tertiary/aromatic N) is 4. The van der Waals surface area contributed by atoms with Gasteiger partial charge in [-0.2, -0.15) is 31.6 Å². The maximum Gasteiger partial charge on any atom is 0.400 e. The van der Waals surface area contributed by atoms with Gasteiger partial charge < -0.3 is 9.64 Å². The van der Waals surface area contributed by atoms with Gasteiger partial charge in [-0.3, -0.25) is 9.79 Å². The maximum absolute atomic E-state index is 13.1. The molecule has 1 aromatic carbocycles. The number of hydrogen-bond acceptors (Lipinski definition) is 5. The quantitative estimate of drug-likeness (QED) is 0.159. The van der Waals surface area contributed by atoms with E-state index in [4.69, 9.17) is 26.6 Å². The normalized spacial score (nSPS) is 23.0. The van der Waals surface area contributed by atoms with E-state index < -0.39 is 54.7 Å². The average molecular weight is 619 g/mol. The Morgan fingerprint density at radius 1 is 1.19 bits per heavy atom. The third-order valence-electron chi connectivity index (χ3n) is 7.91. The molecule has 0 aliphatic carbocycles. The summed E-state index contributed by atoms with van der Waals surface area (Å²) >= 11 is 6.37. The van der Waals surface area contributed by atoms with Crippen molar-refractivity contribution in [3.63, 3.8) is 0 Å². The third-order valence-corrected chi connectivity index (χ3v) is 8.21. The van der Waals surface area contributed by atoms with Crippen LogP contribution in [0.3, 0.4) is 0 Å². The number of piperidine rings is 1. The molecule has 2 fully saturated rings. The first-order valence-corrected chi connectivity index (χ1v) is 14.1. The fraction of sp³-hybridized carbons (Fsp3) is 0.586. The highest BCUT2D eigenvalue weighted by Gasteiger charge is 2.58. The first-order valence-electron chi connectivity index (χ1n) is 13.7. The zero-order valence-electron chi connectivity index (χ0n) is 23.5. The number of rotatable bonds is 9. The Hall–Kier alpha value is -3.07. The second kappa shape index (κ2) is 13.5. The summed E-state index contributed by atoms with van der Waals surface area (Å²) < 4.78 is 84.8. The average Bonchev–Trinajstić information content (AvgIpc) is 3.18. The minimum absolute atomic E-state index is 0.0174. The number of carbonyl (C=O) groups excluding carboxylic acids is 1. The second-order valence-electron chi connectivity index (χ2n) is 10.7. The van der Waals surface area contributed by atoms with Crippen molar-refractivity contribution in [2.45, 2.75) is 89.8 Å². The van der Waals surface area contributed by atoms with E-state index in [1.165, 1.54) is 17.2 Å². The van der Waals surface area contributed by atoms with Gasteiger partial charge in [0.1, 0.15) is 6.10 Å². The lowest BCUT2D eigenvalue weighted by Gasteiger charge is -2.40. The van der Waals surface area contributed by atoms with Gasteiger partial charge in [-0.1, -0.05) is 32.0 Å². The van der Waals surface area contributed by atoms with Crippen molar-refractivity contribution in [3.05, 3.63) is 41.6 Å². The molecule has 0 aromatic heterocycles. The monoisotopic (exact) mass is 618 g/mol. The van der Waals surface area contributed by atoms with E-state index >= 15 is 0 Å². The molecule has 4 atom stereocenters. The number of fused-ring (bicyclic) bond motifs is 2. The molecular weight excluding hydrogens is 586 g/mol.